The lowest BCUT2D eigenvalue weighted by Crippen LogP contribution is -2.37. The predicted molar refractivity (Wildman–Crippen MR) is 73.3 cm³/mol. The second-order valence-corrected chi connectivity index (χ2v) is 5.40. The summed E-state index contributed by atoms with van der Waals surface area (Å²) in [6.45, 7) is 7.85. The Morgan fingerprint density at radius 3 is 2.59 bits per heavy atom. The van der Waals surface area contributed by atoms with Gasteiger partial charge >= 0.3 is 0 Å². The van der Waals surface area contributed by atoms with Gasteiger partial charge in [-0.1, -0.05) is 23.8 Å². The zero-order valence-corrected chi connectivity index (χ0v) is 11.1. The average molecular weight is 232 g/mol. The summed E-state index contributed by atoms with van der Waals surface area (Å²) in [7, 11) is 0. The summed E-state index contributed by atoms with van der Waals surface area (Å²) in [5.74, 6) is 0. The van der Waals surface area contributed by atoms with Crippen LogP contribution < -0.4 is 5.73 Å². The minimum Gasteiger partial charge on any atom is -0.326 e. The van der Waals surface area contributed by atoms with E-state index in [0.29, 0.717) is 0 Å². The first kappa shape index (κ1) is 12.6. The maximum absolute atomic E-state index is 6.25. The van der Waals surface area contributed by atoms with Crippen molar-refractivity contribution in [3.63, 3.8) is 0 Å². The average Bonchev–Trinajstić information content (AvgIpc) is 2.75. The van der Waals surface area contributed by atoms with Gasteiger partial charge in [-0.3, -0.25) is 0 Å². The van der Waals surface area contributed by atoms with E-state index in [1.807, 2.05) is 0 Å². The molecule has 94 valence electrons. The zero-order chi connectivity index (χ0) is 12.3. The number of nitrogens with two attached hydrogens (primary N) is 1. The third-order valence-corrected chi connectivity index (χ3v) is 3.67. The highest BCUT2D eigenvalue weighted by Crippen LogP contribution is 2.14. The highest BCUT2D eigenvalue weighted by molar-refractivity contribution is 5.30. The molecule has 0 aliphatic carbocycles. The van der Waals surface area contributed by atoms with E-state index < -0.39 is 0 Å². The van der Waals surface area contributed by atoms with Crippen LogP contribution in [0.1, 0.15) is 29.5 Å². The number of hydrogen-bond donors (Lipinski definition) is 1. The molecule has 0 saturated carbocycles. The highest BCUT2D eigenvalue weighted by atomic mass is 15.1. The highest BCUT2D eigenvalue weighted by Gasteiger charge is 2.15. The van der Waals surface area contributed by atoms with E-state index in [0.717, 1.165) is 13.0 Å². The monoisotopic (exact) mass is 232 g/mol. The van der Waals surface area contributed by atoms with Crippen molar-refractivity contribution in [1.29, 1.82) is 0 Å². The molecule has 2 heteroatoms. The molecule has 0 aromatic heterocycles. The molecule has 17 heavy (non-hydrogen) atoms. The van der Waals surface area contributed by atoms with E-state index >= 15 is 0 Å². The van der Waals surface area contributed by atoms with Crippen molar-refractivity contribution in [2.45, 2.75) is 39.2 Å². The second kappa shape index (κ2) is 5.65. The third-order valence-electron chi connectivity index (χ3n) is 3.67. The third kappa shape index (κ3) is 3.55. The minimum absolute atomic E-state index is 0.273. The lowest BCUT2D eigenvalue weighted by atomic mass is 9.99. The summed E-state index contributed by atoms with van der Waals surface area (Å²) in [6.07, 6.45) is 3.69. The fourth-order valence-corrected chi connectivity index (χ4v) is 2.72. The van der Waals surface area contributed by atoms with Gasteiger partial charge in [-0.2, -0.15) is 0 Å². The number of rotatable bonds is 4. The van der Waals surface area contributed by atoms with Crippen molar-refractivity contribution in [3.8, 4) is 0 Å². The Hall–Kier alpha value is -0.860. The van der Waals surface area contributed by atoms with Gasteiger partial charge in [0.15, 0.2) is 0 Å². The predicted octanol–water partition coefficient (Wildman–Crippen LogP) is 2.27. The molecule has 1 heterocycles. The van der Waals surface area contributed by atoms with Crippen molar-refractivity contribution in [3.05, 3.63) is 34.9 Å². The van der Waals surface area contributed by atoms with Crippen molar-refractivity contribution in [1.82, 2.24) is 4.90 Å². The summed E-state index contributed by atoms with van der Waals surface area (Å²) >= 11 is 0. The molecular weight excluding hydrogens is 208 g/mol. The molecule has 1 atom stereocenters. The Balaban J connectivity index is 1.90. The van der Waals surface area contributed by atoms with Crippen molar-refractivity contribution in [2.24, 2.45) is 5.73 Å². The van der Waals surface area contributed by atoms with Crippen molar-refractivity contribution in [2.75, 3.05) is 19.6 Å². The van der Waals surface area contributed by atoms with Crippen LogP contribution in [-0.2, 0) is 6.42 Å². The Labute approximate surface area is 105 Å². The SMILES string of the molecule is Cc1ccc(CC(N)CN2CCCC2)c(C)c1. The fraction of sp³-hybridized carbons (Fsp3) is 0.600. The summed E-state index contributed by atoms with van der Waals surface area (Å²) in [6, 6.07) is 6.94. The second-order valence-electron chi connectivity index (χ2n) is 5.40. The van der Waals surface area contributed by atoms with E-state index in [4.69, 9.17) is 5.73 Å². The lowest BCUT2D eigenvalue weighted by Gasteiger charge is -2.20. The molecule has 0 bridgehead atoms. The molecule has 2 rings (SSSR count). The van der Waals surface area contributed by atoms with Crippen LogP contribution in [0.25, 0.3) is 0 Å². The smallest absolute Gasteiger partial charge is 0.0208 e. The molecule has 1 fully saturated rings. The lowest BCUT2D eigenvalue weighted by molar-refractivity contribution is 0.313. The van der Waals surface area contributed by atoms with E-state index in [1.54, 1.807) is 0 Å². The van der Waals surface area contributed by atoms with Crippen molar-refractivity contribution < 1.29 is 0 Å². The number of likely N-dealkylation sites (tertiary alicyclic amines) is 1. The summed E-state index contributed by atoms with van der Waals surface area (Å²) < 4.78 is 0. The Kier molecular flexibility index (Phi) is 4.19. The molecule has 0 spiro atoms. The van der Waals surface area contributed by atoms with Crippen LogP contribution in [-0.4, -0.2) is 30.6 Å². The first-order chi connectivity index (χ1) is 8.15. The number of benzene rings is 1. The maximum atomic E-state index is 6.25. The van der Waals surface area contributed by atoms with Gasteiger partial charge < -0.3 is 10.6 Å². The molecule has 1 aromatic rings. The Morgan fingerprint density at radius 2 is 1.94 bits per heavy atom. The summed E-state index contributed by atoms with van der Waals surface area (Å²) in [4.78, 5) is 2.49. The van der Waals surface area contributed by atoms with E-state index in [-0.39, 0.29) is 6.04 Å². The fourth-order valence-electron chi connectivity index (χ4n) is 2.72. The number of hydrogen-bond acceptors (Lipinski definition) is 2. The van der Waals surface area contributed by atoms with Gasteiger partial charge in [0.2, 0.25) is 0 Å². The van der Waals surface area contributed by atoms with Crippen LogP contribution >= 0.6 is 0 Å². The topological polar surface area (TPSA) is 29.3 Å². The molecule has 2 nitrogen and oxygen atoms in total. The molecular formula is C15H24N2. The standard InChI is InChI=1S/C15H24N2/c1-12-5-6-14(13(2)9-12)10-15(16)11-17-7-3-4-8-17/h5-6,9,15H,3-4,7-8,10-11,16H2,1-2H3. The first-order valence-electron chi connectivity index (χ1n) is 6.69. The molecule has 1 aliphatic heterocycles. The van der Waals surface area contributed by atoms with Gasteiger partial charge in [-0.15, -0.1) is 0 Å². The molecule has 0 radical (unpaired) electrons. The van der Waals surface area contributed by atoms with Crippen LogP contribution in [0.2, 0.25) is 0 Å². The normalized spacial score (nSPS) is 18.5. The van der Waals surface area contributed by atoms with Crippen LogP contribution in [0, 0.1) is 13.8 Å². The van der Waals surface area contributed by atoms with Gasteiger partial charge in [0.1, 0.15) is 0 Å². The molecule has 1 aliphatic rings. The maximum Gasteiger partial charge on any atom is 0.0208 e. The number of nitrogens with zero attached hydrogens (tertiary/aromatic N) is 1. The molecule has 1 saturated heterocycles. The van der Waals surface area contributed by atoms with Gasteiger partial charge in [-0.05, 0) is 57.3 Å². The summed E-state index contributed by atoms with van der Waals surface area (Å²) in [5, 5.41) is 0. The van der Waals surface area contributed by atoms with E-state index in [9.17, 15) is 0 Å². The van der Waals surface area contributed by atoms with Crippen LogP contribution in [0.4, 0.5) is 0 Å². The molecule has 1 aromatic carbocycles. The Morgan fingerprint density at radius 1 is 1.24 bits per heavy atom. The van der Waals surface area contributed by atoms with Gasteiger partial charge in [0, 0.05) is 12.6 Å². The molecule has 2 N–H and O–H groups in total. The van der Waals surface area contributed by atoms with Crippen LogP contribution in [0.5, 0.6) is 0 Å². The van der Waals surface area contributed by atoms with Crippen molar-refractivity contribution >= 4 is 0 Å². The van der Waals surface area contributed by atoms with Gasteiger partial charge in [0.05, 0.1) is 0 Å². The molecule has 0 amide bonds. The quantitative estimate of drug-likeness (QED) is 0.863. The van der Waals surface area contributed by atoms with Crippen LogP contribution in [0.15, 0.2) is 18.2 Å². The zero-order valence-electron chi connectivity index (χ0n) is 11.1. The Bertz CT molecular complexity index is 367. The first-order valence-corrected chi connectivity index (χ1v) is 6.69. The van der Waals surface area contributed by atoms with Gasteiger partial charge in [-0.25, -0.2) is 0 Å². The van der Waals surface area contributed by atoms with Crippen LogP contribution in [0.3, 0.4) is 0 Å². The van der Waals surface area contributed by atoms with Gasteiger partial charge in [0.25, 0.3) is 0 Å². The largest absolute Gasteiger partial charge is 0.326 e. The van der Waals surface area contributed by atoms with E-state index in [2.05, 4.69) is 36.9 Å². The molecule has 1 unspecified atom stereocenters. The summed E-state index contributed by atoms with van der Waals surface area (Å²) in [5.41, 5.74) is 10.4. The number of aryl methyl sites for hydroxylation is 2. The minimum atomic E-state index is 0.273. The van der Waals surface area contributed by atoms with E-state index in [1.165, 1.54) is 42.6 Å².